The molecule has 0 saturated heterocycles. The molecular formula is C24H32BrI. The van der Waals surface area contributed by atoms with Gasteiger partial charge in [-0.1, -0.05) is 80.4 Å². The summed E-state index contributed by atoms with van der Waals surface area (Å²) in [4.78, 5) is 0. The second-order valence-corrected chi connectivity index (χ2v) is 9.31. The van der Waals surface area contributed by atoms with E-state index in [-0.39, 0.29) is 0 Å². The van der Waals surface area contributed by atoms with Crippen molar-refractivity contribution in [3.05, 3.63) is 55.6 Å². The maximum atomic E-state index is 3.65. The second kappa shape index (κ2) is 12.2. The van der Waals surface area contributed by atoms with E-state index in [1.54, 1.807) is 0 Å². The Morgan fingerprint density at radius 1 is 0.769 bits per heavy atom. The molecule has 0 aliphatic heterocycles. The van der Waals surface area contributed by atoms with Gasteiger partial charge in [-0.15, -0.1) is 0 Å². The molecule has 0 nitrogen and oxygen atoms in total. The number of benzene rings is 2. The molecule has 0 unspecified atom stereocenters. The van der Waals surface area contributed by atoms with Crippen LogP contribution in [0.3, 0.4) is 0 Å². The summed E-state index contributed by atoms with van der Waals surface area (Å²) in [7, 11) is 0. The van der Waals surface area contributed by atoms with Crippen LogP contribution in [0.5, 0.6) is 0 Å². The lowest BCUT2D eigenvalue weighted by atomic mass is 9.92. The first-order valence-corrected chi connectivity index (χ1v) is 12.1. The van der Waals surface area contributed by atoms with Crippen molar-refractivity contribution in [1.29, 1.82) is 0 Å². The zero-order valence-corrected chi connectivity index (χ0v) is 20.0. The number of hydrogen-bond donors (Lipinski definition) is 0. The van der Waals surface area contributed by atoms with E-state index in [4.69, 9.17) is 0 Å². The highest BCUT2D eigenvalue weighted by Gasteiger charge is 2.11. The highest BCUT2D eigenvalue weighted by molar-refractivity contribution is 14.1. The van der Waals surface area contributed by atoms with Crippen LogP contribution in [0.15, 0.2) is 40.9 Å². The molecule has 0 saturated carbocycles. The van der Waals surface area contributed by atoms with Gasteiger partial charge in [-0.25, -0.2) is 0 Å². The third kappa shape index (κ3) is 6.99. The van der Waals surface area contributed by atoms with Gasteiger partial charge in [0.25, 0.3) is 0 Å². The van der Waals surface area contributed by atoms with Crippen LogP contribution in [-0.2, 0) is 12.8 Å². The van der Waals surface area contributed by atoms with Gasteiger partial charge in [-0.2, -0.15) is 0 Å². The fraction of sp³-hybridized carbons (Fsp3) is 0.500. The monoisotopic (exact) mass is 526 g/mol. The van der Waals surface area contributed by atoms with Crippen LogP contribution < -0.4 is 0 Å². The summed E-state index contributed by atoms with van der Waals surface area (Å²) in [6.45, 7) is 4.56. The Bertz CT molecular complexity index is 678. The summed E-state index contributed by atoms with van der Waals surface area (Å²) in [5, 5.41) is 0. The van der Waals surface area contributed by atoms with Gasteiger partial charge in [-0.05, 0) is 94.8 Å². The van der Waals surface area contributed by atoms with Crippen LogP contribution in [0.1, 0.15) is 76.3 Å². The molecule has 2 heteroatoms. The fourth-order valence-corrected chi connectivity index (χ4v) is 4.67. The number of halogens is 2. The Kier molecular flexibility index (Phi) is 10.3. The first-order valence-electron chi connectivity index (χ1n) is 10.2. The largest absolute Gasteiger partial charge is 0.0654 e. The molecule has 0 amide bonds. The molecule has 0 radical (unpaired) electrons. The van der Waals surface area contributed by atoms with Gasteiger partial charge in [0.15, 0.2) is 0 Å². The third-order valence-corrected chi connectivity index (χ3v) is 6.50. The Morgan fingerprint density at radius 3 is 2.04 bits per heavy atom. The van der Waals surface area contributed by atoms with Crippen LogP contribution in [0, 0.1) is 3.57 Å². The van der Waals surface area contributed by atoms with Gasteiger partial charge in [0.2, 0.25) is 0 Å². The molecule has 0 heterocycles. The molecule has 2 aromatic carbocycles. The van der Waals surface area contributed by atoms with Gasteiger partial charge in [0.1, 0.15) is 0 Å². The minimum absolute atomic E-state index is 1.16. The van der Waals surface area contributed by atoms with Crippen LogP contribution in [0.25, 0.3) is 11.1 Å². The zero-order chi connectivity index (χ0) is 18.8. The highest BCUT2D eigenvalue weighted by Crippen LogP contribution is 2.31. The van der Waals surface area contributed by atoms with E-state index >= 15 is 0 Å². The summed E-state index contributed by atoms with van der Waals surface area (Å²) >= 11 is 6.20. The summed E-state index contributed by atoms with van der Waals surface area (Å²) in [5.74, 6) is 0. The molecule has 0 aromatic heterocycles. The maximum absolute atomic E-state index is 3.65. The SMILES string of the molecule is CCCCCCc1cc(-c2cccc(Br)c2)c(CCCCCC)cc1I. The van der Waals surface area contributed by atoms with Crippen LogP contribution in [0.4, 0.5) is 0 Å². The average molecular weight is 527 g/mol. The molecular weight excluding hydrogens is 495 g/mol. The minimum atomic E-state index is 1.16. The van der Waals surface area contributed by atoms with Crippen molar-refractivity contribution in [1.82, 2.24) is 0 Å². The zero-order valence-electron chi connectivity index (χ0n) is 16.3. The van der Waals surface area contributed by atoms with Crippen molar-refractivity contribution in [3.8, 4) is 11.1 Å². The molecule has 0 atom stereocenters. The molecule has 26 heavy (non-hydrogen) atoms. The van der Waals surface area contributed by atoms with Crippen molar-refractivity contribution in [3.63, 3.8) is 0 Å². The van der Waals surface area contributed by atoms with E-state index in [1.807, 2.05) is 0 Å². The fourth-order valence-electron chi connectivity index (χ4n) is 3.47. The Labute approximate surface area is 182 Å². The molecule has 0 bridgehead atoms. The lowest BCUT2D eigenvalue weighted by Crippen LogP contribution is -1.98. The van der Waals surface area contributed by atoms with Crippen molar-refractivity contribution in [2.24, 2.45) is 0 Å². The minimum Gasteiger partial charge on any atom is -0.0654 e. The van der Waals surface area contributed by atoms with E-state index in [9.17, 15) is 0 Å². The van der Waals surface area contributed by atoms with Gasteiger partial charge in [0.05, 0.1) is 0 Å². The Hall–Kier alpha value is -0.350. The van der Waals surface area contributed by atoms with Crippen LogP contribution in [-0.4, -0.2) is 0 Å². The third-order valence-electron chi connectivity index (χ3n) is 5.01. The average Bonchev–Trinajstić information content (AvgIpc) is 2.63. The Balaban J connectivity index is 2.26. The lowest BCUT2D eigenvalue weighted by molar-refractivity contribution is 0.663. The van der Waals surface area contributed by atoms with E-state index in [0.29, 0.717) is 0 Å². The lowest BCUT2D eigenvalue weighted by Gasteiger charge is -2.15. The summed E-state index contributed by atoms with van der Waals surface area (Å²) < 4.78 is 2.61. The van der Waals surface area contributed by atoms with Crippen molar-refractivity contribution in [2.75, 3.05) is 0 Å². The van der Waals surface area contributed by atoms with Gasteiger partial charge >= 0.3 is 0 Å². The van der Waals surface area contributed by atoms with Crippen molar-refractivity contribution < 1.29 is 0 Å². The molecule has 0 aliphatic carbocycles. The van der Waals surface area contributed by atoms with Gasteiger partial charge in [-0.3, -0.25) is 0 Å². The molecule has 2 aromatic rings. The summed E-state index contributed by atoms with van der Waals surface area (Å²) in [5.41, 5.74) is 5.82. The number of unbranched alkanes of at least 4 members (excludes halogenated alkanes) is 6. The number of rotatable bonds is 11. The molecule has 0 spiro atoms. The number of hydrogen-bond acceptors (Lipinski definition) is 0. The maximum Gasteiger partial charge on any atom is 0.0181 e. The highest BCUT2D eigenvalue weighted by atomic mass is 127. The molecule has 142 valence electrons. The van der Waals surface area contributed by atoms with E-state index in [0.717, 1.165) is 4.47 Å². The predicted molar refractivity (Wildman–Crippen MR) is 128 cm³/mol. The van der Waals surface area contributed by atoms with E-state index < -0.39 is 0 Å². The van der Waals surface area contributed by atoms with Gasteiger partial charge < -0.3 is 0 Å². The second-order valence-electron chi connectivity index (χ2n) is 7.23. The molecule has 0 aliphatic rings. The Morgan fingerprint density at radius 2 is 1.42 bits per heavy atom. The smallest absolute Gasteiger partial charge is 0.0181 e. The van der Waals surface area contributed by atoms with Gasteiger partial charge in [0, 0.05) is 8.04 Å². The summed E-state index contributed by atoms with van der Waals surface area (Å²) in [6.07, 6.45) is 13.0. The molecule has 2 rings (SSSR count). The molecule has 0 N–H and O–H groups in total. The van der Waals surface area contributed by atoms with Crippen molar-refractivity contribution >= 4 is 38.5 Å². The van der Waals surface area contributed by atoms with Crippen LogP contribution in [0.2, 0.25) is 0 Å². The van der Waals surface area contributed by atoms with Crippen LogP contribution >= 0.6 is 38.5 Å². The quantitative estimate of drug-likeness (QED) is 0.202. The summed E-state index contributed by atoms with van der Waals surface area (Å²) in [6, 6.07) is 13.7. The normalized spacial score (nSPS) is 11.1. The molecule has 0 fully saturated rings. The van der Waals surface area contributed by atoms with E-state index in [2.05, 4.69) is 88.8 Å². The van der Waals surface area contributed by atoms with Crippen molar-refractivity contribution in [2.45, 2.75) is 78.1 Å². The standard InChI is InChI=1S/C24H32BrI/c1-3-5-7-9-12-20-18-24(26)21(13-10-8-6-4-2)17-23(20)19-14-11-15-22(25)16-19/h11,14-18H,3-10,12-13H2,1-2H3. The number of aryl methyl sites for hydroxylation is 2. The first-order chi connectivity index (χ1) is 12.7. The topological polar surface area (TPSA) is 0 Å². The predicted octanol–water partition coefficient (Wildman–Crippen LogP) is 8.97. The first kappa shape index (κ1) is 21.9. The van der Waals surface area contributed by atoms with E-state index in [1.165, 1.54) is 90.0 Å².